The summed E-state index contributed by atoms with van der Waals surface area (Å²) in [4.78, 5) is 4.47. The van der Waals surface area contributed by atoms with Gasteiger partial charge in [-0.25, -0.2) is 4.39 Å². The molecule has 2 aromatic rings. The number of halogens is 1. The van der Waals surface area contributed by atoms with Crippen molar-refractivity contribution >= 4 is 0 Å². The van der Waals surface area contributed by atoms with Gasteiger partial charge in [0, 0.05) is 11.3 Å². The number of benzene rings is 1. The van der Waals surface area contributed by atoms with Gasteiger partial charge in [0.25, 0.3) is 0 Å². The Morgan fingerprint density at radius 1 is 1.07 bits per heavy atom. The zero-order valence-corrected chi connectivity index (χ0v) is 8.57. The molecule has 0 saturated carbocycles. The lowest BCUT2D eigenvalue weighted by molar-refractivity contribution is 0.628. The molecule has 0 unspecified atom stereocenters. The zero-order chi connectivity index (χ0) is 10.7. The van der Waals surface area contributed by atoms with Crippen molar-refractivity contribution in [2.45, 2.75) is 13.3 Å². The number of aryl methyl sites for hydroxylation is 1. The molecular weight excluding hydrogens is 189 g/mol. The molecule has 0 aliphatic carbocycles. The normalized spacial score (nSPS) is 10.3. The lowest BCUT2D eigenvalue weighted by Crippen LogP contribution is -1.89. The highest BCUT2D eigenvalue weighted by molar-refractivity contribution is 5.58. The number of aromatic nitrogens is 1. The van der Waals surface area contributed by atoms with Crippen molar-refractivity contribution in [1.29, 1.82) is 0 Å². The van der Waals surface area contributed by atoms with Crippen LogP contribution in [0.2, 0.25) is 0 Å². The summed E-state index contributed by atoms with van der Waals surface area (Å²) in [6, 6.07) is 12.3. The Bertz CT molecular complexity index is 448. The van der Waals surface area contributed by atoms with Crippen molar-refractivity contribution in [3.05, 3.63) is 54.0 Å². The van der Waals surface area contributed by atoms with Crippen LogP contribution in [-0.4, -0.2) is 4.98 Å². The van der Waals surface area contributed by atoms with Gasteiger partial charge in [0.2, 0.25) is 0 Å². The lowest BCUT2D eigenvalue weighted by Gasteiger charge is -2.02. The Labute approximate surface area is 88.6 Å². The fraction of sp³-hybridized carbons (Fsp3) is 0.154. The Kier molecular flexibility index (Phi) is 2.77. The van der Waals surface area contributed by atoms with Crippen LogP contribution >= 0.6 is 0 Å². The summed E-state index contributed by atoms with van der Waals surface area (Å²) in [6.45, 7) is 2.07. The van der Waals surface area contributed by atoms with E-state index < -0.39 is 0 Å². The van der Waals surface area contributed by atoms with Crippen LogP contribution in [0.1, 0.15) is 12.6 Å². The molecule has 1 aromatic heterocycles. The van der Waals surface area contributed by atoms with E-state index in [9.17, 15) is 4.39 Å². The second-order valence-electron chi connectivity index (χ2n) is 3.37. The highest BCUT2D eigenvalue weighted by atomic mass is 19.1. The van der Waals surface area contributed by atoms with E-state index in [1.807, 2.05) is 18.2 Å². The number of pyridine rings is 1. The van der Waals surface area contributed by atoms with Crippen LogP contribution in [-0.2, 0) is 6.42 Å². The number of hydrogen-bond donors (Lipinski definition) is 0. The van der Waals surface area contributed by atoms with Crippen molar-refractivity contribution in [1.82, 2.24) is 4.98 Å². The minimum absolute atomic E-state index is 0.217. The molecule has 0 aliphatic rings. The van der Waals surface area contributed by atoms with Gasteiger partial charge in [0.1, 0.15) is 5.82 Å². The smallest absolute Gasteiger partial charge is 0.123 e. The summed E-state index contributed by atoms with van der Waals surface area (Å²) in [7, 11) is 0. The highest BCUT2D eigenvalue weighted by Gasteiger charge is 1.99. The van der Waals surface area contributed by atoms with Gasteiger partial charge >= 0.3 is 0 Å². The van der Waals surface area contributed by atoms with E-state index >= 15 is 0 Å². The Balaban J connectivity index is 2.40. The van der Waals surface area contributed by atoms with Crippen LogP contribution in [0.15, 0.2) is 42.5 Å². The van der Waals surface area contributed by atoms with E-state index in [1.54, 1.807) is 12.1 Å². The van der Waals surface area contributed by atoms with E-state index in [-0.39, 0.29) is 5.82 Å². The molecule has 76 valence electrons. The first-order chi connectivity index (χ1) is 7.29. The minimum atomic E-state index is -0.217. The molecule has 1 heterocycles. The van der Waals surface area contributed by atoms with Gasteiger partial charge in [0.15, 0.2) is 0 Å². The SMILES string of the molecule is CCc1cccc(-c2ccc(F)cc2)n1. The third-order valence-electron chi connectivity index (χ3n) is 2.31. The maximum Gasteiger partial charge on any atom is 0.123 e. The molecule has 0 radical (unpaired) electrons. The van der Waals surface area contributed by atoms with E-state index in [2.05, 4.69) is 11.9 Å². The van der Waals surface area contributed by atoms with Crippen LogP contribution in [0.5, 0.6) is 0 Å². The van der Waals surface area contributed by atoms with Crippen LogP contribution in [0.25, 0.3) is 11.3 Å². The largest absolute Gasteiger partial charge is 0.253 e. The van der Waals surface area contributed by atoms with Crippen molar-refractivity contribution in [2.75, 3.05) is 0 Å². The van der Waals surface area contributed by atoms with Crippen molar-refractivity contribution in [3.63, 3.8) is 0 Å². The maximum absolute atomic E-state index is 12.7. The molecule has 1 aromatic carbocycles. The Morgan fingerprint density at radius 2 is 1.80 bits per heavy atom. The summed E-state index contributed by atoms with van der Waals surface area (Å²) >= 11 is 0. The van der Waals surface area contributed by atoms with Crippen LogP contribution in [0.4, 0.5) is 4.39 Å². The van der Waals surface area contributed by atoms with E-state index in [1.165, 1.54) is 12.1 Å². The molecule has 0 saturated heterocycles. The summed E-state index contributed by atoms with van der Waals surface area (Å²) in [5, 5.41) is 0. The standard InChI is InChI=1S/C13H12FN/c1-2-12-4-3-5-13(15-12)10-6-8-11(14)9-7-10/h3-9H,2H2,1H3. The highest BCUT2D eigenvalue weighted by Crippen LogP contribution is 2.17. The van der Waals surface area contributed by atoms with Gasteiger partial charge in [-0.3, -0.25) is 4.98 Å². The van der Waals surface area contributed by atoms with Gasteiger partial charge < -0.3 is 0 Å². The first-order valence-corrected chi connectivity index (χ1v) is 5.01. The van der Waals surface area contributed by atoms with E-state index in [0.29, 0.717) is 0 Å². The van der Waals surface area contributed by atoms with Crippen molar-refractivity contribution in [3.8, 4) is 11.3 Å². The second-order valence-corrected chi connectivity index (χ2v) is 3.37. The van der Waals surface area contributed by atoms with Gasteiger partial charge in [-0.15, -0.1) is 0 Å². The fourth-order valence-corrected chi connectivity index (χ4v) is 1.46. The number of nitrogens with zero attached hydrogens (tertiary/aromatic N) is 1. The molecule has 0 amide bonds. The minimum Gasteiger partial charge on any atom is -0.253 e. The molecule has 0 fully saturated rings. The van der Waals surface area contributed by atoms with E-state index in [4.69, 9.17) is 0 Å². The summed E-state index contributed by atoms with van der Waals surface area (Å²) < 4.78 is 12.7. The molecule has 0 bridgehead atoms. The third-order valence-corrected chi connectivity index (χ3v) is 2.31. The molecule has 15 heavy (non-hydrogen) atoms. The summed E-state index contributed by atoms with van der Waals surface area (Å²) in [5.41, 5.74) is 2.90. The summed E-state index contributed by atoms with van der Waals surface area (Å²) in [6.07, 6.45) is 0.912. The van der Waals surface area contributed by atoms with Crippen molar-refractivity contribution in [2.24, 2.45) is 0 Å². The van der Waals surface area contributed by atoms with Crippen LogP contribution in [0.3, 0.4) is 0 Å². The molecule has 0 atom stereocenters. The van der Waals surface area contributed by atoms with Crippen LogP contribution in [0, 0.1) is 5.82 Å². The molecule has 1 nitrogen and oxygen atoms in total. The quantitative estimate of drug-likeness (QED) is 0.725. The first kappa shape index (κ1) is 9.84. The monoisotopic (exact) mass is 201 g/mol. The molecule has 0 spiro atoms. The Morgan fingerprint density at radius 3 is 2.47 bits per heavy atom. The average Bonchev–Trinajstić information content (AvgIpc) is 2.30. The van der Waals surface area contributed by atoms with Gasteiger partial charge in [-0.2, -0.15) is 0 Å². The molecule has 2 rings (SSSR count). The topological polar surface area (TPSA) is 12.9 Å². The zero-order valence-electron chi connectivity index (χ0n) is 8.57. The second kappa shape index (κ2) is 4.22. The lowest BCUT2D eigenvalue weighted by atomic mass is 10.1. The van der Waals surface area contributed by atoms with Gasteiger partial charge in [0.05, 0.1) is 5.69 Å². The summed E-state index contributed by atoms with van der Waals surface area (Å²) in [5.74, 6) is -0.217. The van der Waals surface area contributed by atoms with Crippen molar-refractivity contribution < 1.29 is 4.39 Å². The van der Waals surface area contributed by atoms with E-state index in [0.717, 1.165) is 23.4 Å². The fourth-order valence-electron chi connectivity index (χ4n) is 1.46. The number of hydrogen-bond acceptors (Lipinski definition) is 1. The van der Waals surface area contributed by atoms with Gasteiger partial charge in [-0.05, 0) is 42.8 Å². The predicted octanol–water partition coefficient (Wildman–Crippen LogP) is 3.45. The Hall–Kier alpha value is -1.70. The molecule has 2 heteroatoms. The third kappa shape index (κ3) is 2.21. The average molecular weight is 201 g/mol. The molecule has 0 N–H and O–H groups in total. The molecular formula is C13H12FN. The maximum atomic E-state index is 12.7. The molecule has 0 aliphatic heterocycles. The number of rotatable bonds is 2. The van der Waals surface area contributed by atoms with Crippen LogP contribution < -0.4 is 0 Å². The first-order valence-electron chi connectivity index (χ1n) is 5.01. The predicted molar refractivity (Wildman–Crippen MR) is 59.0 cm³/mol. The van der Waals surface area contributed by atoms with Gasteiger partial charge in [-0.1, -0.05) is 13.0 Å².